The van der Waals surface area contributed by atoms with E-state index < -0.39 is 10.8 Å². The number of halogens is 2. The Bertz CT molecular complexity index is 634. The van der Waals surface area contributed by atoms with E-state index in [-0.39, 0.29) is 0 Å². The monoisotopic (exact) mass is 329 g/mol. The van der Waals surface area contributed by atoms with Crippen LogP contribution in [0.15, 0.2) is 47.4 Å². The Balaban J connectivity index is 1.90. The van der Waals surface area contributed by atoms with E-state index >= 15 is 0 Å². The lowest BCUT2D eigenvalue weighted by Gasteiger charge is -2.07. The molecular formula is C14H13Cl2NO2S. The molecule has 0 saturated carbocycles. The van der Waals surface area contributed by atoms with Crippen molar-refractivity contribution < 1.29 is 8.95 Å². The van der Waals surface area contributed by atoms with Crippen molar-refractivity contribution in [2.75, 3.05) is 18.1 Å². The number of ether oxygens (including phenoxy) is 1. The van der Waals surface area contributed by atoms with Crippen LogP contribution in [-0.4, -0.2) is 16.6 Å². The van der Waals surface area contributed by atoms with Gasteiger partial charge in [-0.2, -0.15) is 0 Å². The standard InChI is InChI=1S/C14H13Cl2NO2S/c15-13-5-4-12(9-14(13)16)20(18)7-6-19-11-3-1-2-10(17)8-11/h1-5,8-9H,6-7,17H2. The van der Waals surface area contributed by atoms with Gasteiger partial charge in [-0.15, -0.1) is 0 Å². The van der Waals surface area contributed by atoms with Gasteiger partial charge in [0, 0.05) is 16.6 Å². The second kappa shape index (κ2) is 6.97. The SMILES string of the molecule is Nc1cccc(OCCS(=O)c2ccc(Cl)c(Cl)c2)c1. The van der Waals surface area contributed by atoms with Gasteiger partial charge in [0.25, 0.3) is 0 Å². The molecule has 0 aliphatic carbocycles. The van der Waals surface area contributed by atoms with Gasteiger partial charge in [-0.3, -0.25) is 4.21 Å². The highest BCUT2D eigenvalue weighted by atomic mass is 35.5. The molecule has 0 heterocycles. The van der Waals surface area contributed by atoms with E-state index in [1.807, 2.05) is 0 Å². The highest BCUT2D eigenvalue weighted by molar-refractivity contribution is 7.85. The molecule has 6 heteroatoms. The van der Waals surface area contributed by atoms with E-state index in [1.165, 1.54) is 0 Å². The first-order chi connectivity index (χ1) is 9.56. The van der Waals surface area contributed by atoms with Gasteiger partial charge < -0.3 is 10.5 Å². The highest BCUT2D eigenvalue weighted by Gasteiger charge is 2.07. The summed E-state index contributed by atoms with van der Waals surface area (Å²) in [6, 6.07) is 12.1. The highest BCUT2D eigenvalue weighted by Crippen LogP contribution is 2.24. The normalized spacial score (nSPS) is 12.1. The fourth-order valence-electron chi connectivity index (χ4n) is 1.58. The fraction of sp³-hybridized carbons (Fsp3) is 0.143. The predicted octanol–water partition coefficient (Wildman–Crippen LogP) is 3.76. The Morgan fingerprint density at radius 2 is 1.90 bits per heavy atom. The summed E-state index contributed by atoms with van der Waals surface area (Å²) in [5, 5.41) is 0.845. The van der Waals surface area contributed by atoms with Gasteiger partial charge in [0.05, 0.1) is 26.6 Å². The van der Waals surface area contributed by atoms with E-state index in [0.29, 0.717) is 38.7 Å². The molecule has 0 saturated heterocycles. The Kier molecular flexibility index (Phi) is 5.29. The third-order valence-corrected chi connectivity index (χ3v) is 4.61. The summed E-state index contributed by atoms with van der Waals surface area (Å²) in [7, 11) is -1.18. The topological polar surface area (TPSA) is 52.3 Å². The smallest absolute Gasteiger partial charge is 0.121 e. The lowest BCUT2D eigenvalue weighted by Crippen LogP contribution is -2.08. The molecule has 0 aliphatic heterocycles. The van der Waals surface area contributed by atoms with E-state index in [9.17, 15) is 4.21 Å². The predicted molar refractivity (Wildman–Crippen MR) is 84.1 cm³/mol. The van der Waals surface area contributed by atoms with Gasteiger partial charge in [0.15, 0.2) is 0 Å². The van der Waals surface area contributed by atoms with Crippen LogP contribution in [-0.2, 0) is 10.8 Å². The Morgan fingerprint density at radius 1 is 1.10 bits per heavy atom. The molecule has 2 aromatic carbocycles. The molecule has 0 aromatic heterocycles. The maximum Gasteiger partial charge on any atom is 0.121 e. The van der Waals surface area contributed by atoms with Gasteiger partial charge in [-0.1, -0.05) is 29.3 Å². The van der Waals surface area contributed by atoms with E-state index in [0.717, 1.165) is 0 Å². The molecule has 2 N–H and O–H groups in total. The molecule has 1 atom stereocenters. The third kappa shape index (κ3) is 4.13. The minimum absolute atomic E-state index is 0.330. The summed E-state index contributed by atoms with van der Waals surface area (Å²) < 4.78 is 17.6. The summed E-state index contributed by atoms with van der Waals surface area (Å²) in [5.74, 6) is 1.03. The zero-order chi connectivity index (χ0) is 14.5. The number of hydrogen-bond donors (Lipinski definition) is 1. The first kappa shape index (κ1) is 15.2. The number of anilines is 1. The van der Waals surface area contributed by atoms with Gasteiger partial charge in [-0.05, 0) is 30.3 Å². The van der Waals surface area contributed by atoms with Crippen molar-refractivity contribution in [2.24, 2.45) is 0 Å². The van der Waals surface area contributed by atoms with Crippen molar-refractivity contribution in [3.05, 3.63) is 52.5 Å². The first-order valence-electron chi connectivity index (χ1n) is 5.88. The number of benzene rings is 2. The number of hydrogen-bond acceptors (Lipinski definition) is 3. The van der Waals surface area contributed by atoms with Crippen molar-refractivity contribution in [2.45, 2.75) is 4.90 Å². The van der Waals surface area contributed by atoms with Crippen LogP contribution in [0.1, 0.15) is 0 Å². The van der Waals surface area contributed by atoms with Crippen LogP contribution in [0, 0.1) is 0 Å². The Labute approximate surface area is 130 Å². The summed E-state index contributed by atoms with van der Waals surface area (Å²) in [4.78, 5) is 0.635. The molecule has 2 rings (SSSR count). The summed E-state index contributed by atoms with van der Waals surface area (Å²) in [6.45, 7) is 0.330. The number of nitrogens with two attached hydrogens (primary N) is 1. The second-order valence-corrected chi connectivity index (χ2v) is 6.43. The molecule has 20 heavy (non-hydrogen) atoms. The zero-order valence-electron chi connectivity index (χ0n) is 10.5. The second-order valence-electron chi connectivity index (χ2n) is 4.05. The zero-order valence-corrected chi connectivity index (χ0v) is 12.8. The summed E-state index contributed by atoms with van der Waals surface area (Å²) >= 11 is 11.7. The van der Waals surface area contributed by atoms with E-state index in [2.05, 4.69) is 0 Å². The molecule has 106 valence electrons. The molecule has 0 bridgehead atoms. The van der Waals surface area contributed by atoms with E-state index in [1.54, 1.807) is 42.5 Å². The average molecular weight is 330 g/mol. The molecule has 0 aliphatic rings. The first-order valence-corrected chi connectivity index (χ1v) is 7.95. The molecule has 0 amide bonds. The van der Waals surface area contributed by atoms with Gasteiger partial charge in [0.2, 0.25) is 0 Å². The lowest BCUT2D eigenvalue weighted by atomic mass is 10.3. The molecular weight excluding hydrogens is 317 g/mol. The lowest BCUT2D eigenvalue weighted by molar-refractivity contribution is 0.343. The van der Waals surface area contributed by atoms with Crippen LogP contribution < -0.4 is 10.5 Å². The third-order valence-electron chi connectivity index (χ3n) is 2.55. The molecule has 0 radical (unpaired) electrons. The van der Waals surface area contributed by atoms with Crippen LogP contribution in [0.3, 0.4) is 0 Å². The molecule has 3 nitrogen and oxygen atoms in total. The van der Waals surface area contributed by atoms with Crippen molar-refractivity contribution in [3.8, 4) is 5.75 Å². The van der Waals surface area contributed by atoms with Crippen LogP contribution in [0.25, 0.3) is 0 Å². The number of nitrogen functional groups attached to an aromatic ring is 1. The van der Waals surface area contributed by atoms with Gasteiger partial charge >= 0.3 is 0 Å². The van der Waals surface area contributed by atoms with E-state index in [4.69, 9.17) is 33.7 Å². The van der Waals surface area contributed by atoms with Crippen molar-refractivity contribution in [1.82, 2.24) is 0 Å². The maximum absolute atomic E-state index is 12.1. The molecule has 1 unspecified atom stereocenters. The molecule has 0 spiro atoms. The van der Waals surface area contributed by atoms with Crippen molar-refractivity contribution in [1.29, 1.82) is 0 Å². The largest absolute Gasteiger partial charge is 0.493 e. The Hall–Kier alpha value is -1.23. The maximum atomic E-state index is 12.1. The van der Waals surface area contributed by atoms with Crippen LogP contribution >= 0.6 is 23.2 Å². The van der Waals surface area contributed by atoms with Crippen molar-refractivity contribution in [3.63, 3.8) is 0 Å². The minimum Gasteiger partial charge on any atom is -0.493 e. The van der Waals surface area contributed by atoms with Gasteiger partial charge in [0.1, 0.15) is 12.4 Å². The fourth-order valence-corrected chi connectivity index (χ4v) is 2.88. The molecule has 2 aromatic rings. The summed E-state index contributed by atoms with van der Waals surface area (Å²) in [6.07, 6.45) is 0. The van der Waals surface area contributed by atoms with Crippen LogP contribution in [0.5, 0.6) is 5.75 Å². The van der Waals surface area contributed by atoms with Gasteiger partial charge in [-0.25, -0.2) is 0 Å². The van der Waals surface area contributed by atoms with Crippen LogP contribution in [0.2, 0.25) is 10.0 Å². The Morgan fingerprint density at radius 3 is 2.60 bits per heavy atom. The van der Waals surface area contributed by atoms with Crippen LogP contribution in [0.4, 0.5) is 5.69 Å². The summed E-state index contributed by atoms with van der Waals surface area (Å²) in [5.41, 5.74) is 6.28. The number of rotatable bonds is 5. The quantitative estimate of drug-likeness (QED) is 0.849. The van der Waals surface area contributed by atoms with Crippen molar-refractivity contribution >= 4 is 39.7 Å². The molecule has 0 fully saturated rings. The minimum atomic E-state index is -1.18. The average Bonchev–Trinajstić information content (AvgIpc) is 2.42.